The van der Waals surface area contributed by atoms with Gasteiger partial charge in [-0.2, -0.15) is 5.26 Å². The zero-order chi connectivity index (χ0) is 30.6. The second kappa shape index (κ2) is 10.6. The van der Waals surface area contributed by atoms with Gasteiger partial charge in [0.1, 0.15) is 11.2 Å². The van der Waals surface area contributed by atoms with Crippen molar-refractivity contribution < 1.29 is 4.42 Å². The smallest absolute Gasteiger partial charge is 0.136 e. The van der Waals surface area contributed by atoms with Crippen molar-refractivity contribution in [1.82, 2.24) is 0 Å². The zero-order valence-corrected chi connectivity index (χ0v) is 25.5. The molecule has 0 bridgehead atoms. The number of furan rings is 1. The maximum Gasteiger partial charge on any atom is 0.136 e. The molecule has 2 nitrogen and oxygen atoms in total. The monoisotopic (exact) mass is 603 g/mol. The van der Waals surface area contributed by atoms with E-state index in [1.165, 1.54) is 20.2 Å². The highest BCUT2D eigenvalue weighted by Crippen LogP contribution is 2.44. The second-order valence-corrected chi connectivity index (χ2v) is 12.7. The van der Waals surface area contributed by atoms with Gasteiger partial charge in [-0.25, -0.2) is 0 Å². The highest BCUT2D eigenvalue weighted by Gasteiger charge is 2.18. The molecule has 0 atom stereocenters. The predicted molar refractivity (Wildman–Crippen MR) is 193 cm³/mol. The number of hydrogen-bond donors (Lipinski definition) is 0. The van der Waals surface area contributed by atoms with Gasteiger partial charge in [0.25, 0.3) is 0 Å². The summed E-state index contributed by atoms with van der Waals surface area (Å²) in [6.45, 7) is 0. The number of para-hydroxylation sites is 1. The van der Waals surface area contributed by atoms with Crippen LogP contribution in [0.1, 0.15) is 5.56 Å². The van der Waals surface area contributed by atoms with Crippen LogP contribution in [0.4, 0.5) is 0 Å². The Morgan fingerprint density at radius 1 is 0.435 bits per heavy atom. The van der Waals surface area contributed by atoms with Gasteiger partial charge in [-0.15, -0.1) is 11.3 Å². The lowest BCUT2D eigenvalue weighted by atomic mass is 9.85. The molecule has 214 valence electrons. The third-order valence-corrected chi connectivity index (χ3v) is 10.0. The summed E-state index contributed by atoms with van der Waals surface area (Å²) in [5, 5.41) is 14.9. The van der Waals surface area contributed by atoms with Crippen LogP contribution in [0.25, 0.3) is 86.6 Å². The lowest BCUT2D eigenvalue weighted by Gasteiger charge is -2.18. The van der Waals surface area contributed by atoms with E-state index in [1.54, 1.807) is 0 Å². The van der Waals surface area contributed by atoms with E-state index in [4.69, 9.17) is 4.42 Å². The van der Waals surface area contributed by atoms with Gasteiger partial charge in [-0.3, -0.25) is 0 Å². The van der Waals surface area contributed by atoms with Crippen LogP contribution in [0.2, 0.25) is 0 Å². The molecule has 2 aromatic heterocycles. The first-order valence-electron chi connectivity index (χ1n) is 15.3. The average Bonchev–Trinajstić information content (AvgIpc) is 3.69. The van der Waals surface area contributed by atoms with Crippen molar-refractivity contribution in [3.63, 3.8) is 0 Å². The minimum Gasteiger partial charge on any atom is -0.456 e. The van der Waals surface area contributed by atoms with Crippen LogP contribution in [0, 0.1) is 11.3 Å². The van der Waals surface area contributed by atoms with Crippen LogP contribution in [0.5, 0.6) is 0 Å². The van der Waals surface area contributed by atoms with Crippen molar-refractivity contribution in [3.05, 3.63) is 157 Å². The van der Waals surface area contributed by atoms with E-state index in [9.17, 15) is 5.26 Å². The Kier molecular flexibility index (Phi) is 6.09. The molecule has 0 aliphatic carbocycles. The van der Waals surface area contributed by atoms with Crippen molar-refractivity contribution in [2.75, 3.05) is 0 Å². The largest absolute Gasteiger partial charge is 0.456 e. The first-order valence-corrected chi connectivity index (χ1v) is 16.1. The summed E-state index contributed by atoms with van der Waals surface area (Å²) >= 11 is 1.83. The van der Waals surface area contributed by atoms with Crippen molar-refractivity contribution >= 4 is 53.4 Å². The van der Waals surface area contributed by atoms with Crippen LogP contribution in [0.15, 0.2) is 156 Å². The Hall–Kier alpha value is -5.95. The summed E-state index contributed by atoms with van der Waals surface area (Å²) in [7, 11) is 0. The SMILES string of the molecule is N#Cc1cc(-c2ccccc2)cc(-c2c(-c3ccc4c(c3)oc3ccccc34)cccc2-c2ccc3c(c2)sc2ccccc23)c1. The highest BCUT2D eigenvalue weighted by molar-refractivity contribution is 7.25. The predicted octanol–water partition coefficient (Wildman–Crippen LogP) is 12.5. The number of rotatable bonds is 4. The summed E-state index contributed by atoms with van der Waals surface area (Å²) in [6, 6.07) is 55.5. The number of fused-ring (bicyclic) bond motifs is 6. The summed E-state index contributed by atoms with van der Waals surface area (Å²) in [4.78, 5) is 0. The Balaban J connectivity index is 1.32. The van der Waals surface area contributed by atoms with Gasteiger partial charge >= 0.3 is 0 Å². The number of hydrogen-bond acceptors (Lipinski definition) is 3. The molecule has 0 N–H and O–H groups in total. The van der Waals surface area contributed by atoms with Gasteiger partial charge < -0.3 is 4.42 Å². The van der Waals surface area contributed by atoms with Crippen LogP contribution >= 0.6 is 11.3 Å². The van der Waals surface area contributed by atoms with Crippen LogP contribution in [0.3, 0.4) is 0 Å². The number of thiophene rings is 1. The van der Waals surface area contributed by atoms with E-state index in [-0.39, 0.29) is 0 Å². The lowest BCUT2D eigenvalue weighted by Crippen LogP contribution is -1.93. The molecule has 0 amide bonds. The molecular formula is C43H25NOS. The molecule has 2 heterocycles. The van der Waals surface area contributed by atoms with Gasteiger partial charge in [0.15, 0.2) is 0 Å². The molecule has 7 aromatic carbocycles. The molecule has 0 saturated carbocycles. The summed E-state index contributed by atoms with van der Waals surface area (Å²) < 4.78 is 8.87. The van der Waals surface area contributed by atoms with Gasteiger partial charge in [0.05, 0.1) is 11.6 Å². The minimum absolute atomic E-state index is 0.629. The van der Waals surface area contributed by atoms with E-state index in [0.29, 0.717) is 5.56 Å². The zero-order valence-electron chi connectivity index (χ0n) is 24.7. The van der Waals surface area contributed by atoms with Gasteiger partial charge in [-0.1, -0.05) is 103 Å². The highest BCUT2D eigenvalue weighted by atomic mass is 32.1. The number of nitrogens with zero attached hydrogens (tertiary/aromatic N) is 1. The third-order valence-electron chi connectivity index (χ3n) is 8.90. The quantitative estimate of drug-likeness (QED) is 0.201. The fourth-order valence-corrected chi connectivity index (χ4v) is 7.91. The Morgan fingerprint density at radius 2 is 1.09 bits per heavy atom. The molecule has 0 spiro atoms. The van der Waals surface area contributed by atoms with Crippen molar-refractivity contribution in [2.24, 2.45) is 0 Å². The minimum atomic E-state index is 0.629. The maximum atomic E-state index is 10.2. The third kappa shape index (κ3) is 4.31. The number of benzene rings is 7. The molecule has 0 aliphatic heterocycles. The normalized spacial score (nSPS) is 11.5. The van der Waals surface area contributed by atoms with E-state index >= 15 is 0 Å². The second-order valence-electron chi connectivity index (χ2n) is 11.6. The summed E-state index contributed by atoms with van der Waals surface area (Å²) in [5.41, 5.74) is 11.0. The van der Waals surface area contributed by atoms with Crippen molar-refractivity contribution in [1.29, 1.82) is 5.26 Å². The average molecular weight is 604 g/mol. The Bertz CT molecular complexity index is 2520. The molecule has 9 aromatic rings. The molecular weight excluding hydrogens is 579 g/mol. The standard InChI is InChI=1S/C43H25NOS/c44-26-27-21-31(28-9-2-1-3-10-28)23-32(22-27)43-33(29-17-19-36-35-11-4-6-15-39(35)45-40(36)24-29)13-8-14-34(43)30-18-20-38-37-12-5-7-16-41(37)46-42(38)25-30/h1-25H. The maximum absolute atomic E-state index is 10.2. The molecule has 46 heavy (non-hydrogen) atoms. The molecule has 9 rings (SSSR count). The lowest BCUT2D eigenvalue weighted by molar-refractivity contribution is 0.669. The van der Waals surface area contributed by atoms with E-state index in [0.717, 1.165) is 66.4 Å². The van der Waals surface area contributed by atoms with E-state index in [1.807, 2.05) is 59.9 Å². The molecule has 0 radical (unpaired) electrons. The van der Waals surface area contributed by atoms with Crippen molar-refractivity contribution in [2.45, 2.75) is 0 Å². The molecule has 0 aliphatic rings. The molecule has 3 heteroatoms. The van der Waals surface area contributed by atoms with Crippen molar-refractivity contribution in [3.8, 4) is 50.6 Å². The fraction of sp³-hybridized carbons (Fsp3) is 0. The topological polar surface area (TPSA) is 36.9 Å². The molecule has 0 fully saturated rings. The van der Waals surface area contributed by atoms with Gasteiger partial charge in [0.2, 0.25) is 0 Å². The first-order chi connectivity index (χ1) is 22.7. The Labute approximate surface area is 270 Å². The van der Waals surface area contributed by atoms with E-state index in [2.05, 4.69) is 109 Å². The summed E-state index contributed by atoms with van der Waals surface area (Å²) in [5.74, 6) is 0. The molecule has 0 saturated heterocycles. The van der Waals surface area contributed by atoms with Gasteiger partial charge in [-0.05, 0) is 93.0 Å². The van der Waals surface area contributed by atoms with Crippen LogP contribution < -0.4 is 0 Å². The Morgan fingerprint density at radius 3 is 1.91 bits per heavy atom. The number of nitriles is 1. The molecule has 0 unspecified atom stereocenters. The van der Waals surface area contributed by atoms with Crippen LogP contribution in [-0.4, -0.2) is 0 Å². The first kappa shape index (κ1) is 26.5. The van der Waals surface area contributed by atoms with Gasteiger partial charge in [0, 0.05) is 30.9 Å². The van der Waals surface area contributed by atoms with E-state index < -0.39 is 0 Å². The fourth-order valence-electron chi connectivity index (χ4n) is 6.77. The summed E-state index contributed by atoms with van der Waals surface area (Å²) in [6.07, 6.45) is 0. The van der Waals surface area contributed by atoms with Crippen LogP contribution in [-0.2, 0) is 0 Å².